The molecular weight excluding hydrogens is 348 g/mol. The van der Waals surface area contributed by atoms with Crippen LogP contribution < -0.4 is 10.1 Å². The maximum atomic E-state index is 11.9. The Hall–Kier alpha value is -3.40. The van der Waals surface area contributed by atoms with Gasteiger partial charge in [0.15, 0.2) is 0 Å². The Morgan fingerprint density at radius 3 is 2.68 bits per heavy atom. The number of anilines is 1. The van der Waals surface area contributed by atoms with Gasteiger partial charge >= 0.3 is 0 Å². The molecule has 3 aromatic rings. The van der Waals surface area contributed by atoms with Crippen molar-refractivity contribution in [3.63, 3.8) is 0 Å². The molecule has 0 amide bonds. The quantitative estimate of drug-likeness (QED) is 0.621. The predicted octanol–water partition coefficient (Wildman–Crippen LogP) is 5.28. The van der Waals surface area contributed by atoms with E-state index in [0.29, 0.717) is 5.76 Å². The van der Waals surface area contributed by atoms with Gasteiger partial charge in [-0.25, -0.2) is 0 Å². The maximum Gasteiger partial charge on any atom is 0.136 e. The van der Waals surface area contributed by atoms with Crippen molar-refractivity contribution in [1.29, 1.82) is 0 Å². The minimum atomic E-state index is -0.346. The lowest BCUT2D eigenvalue weighted by Crippen LogP contribution is -2.16. The van der Waals surface area contributed by atoms with Crippen LogP contribution in [0.15, 0.2) is 73.1 Å². The number of aldehydes is 1. The third kappa shape index (κ3) is 3.54. The van der Waals surface area contributed by atoms with Gasteiger partial charge in [0.05, 0.1) is 12.0 Å². The lowest BCUT2D eigenvalue weighted by atomic mass is 9.89. The number of fused-ring (bicyclic) bond motifs is 1. The van der Waals surface area contributed by atoms with E-state index in [0.717, 1.165) is 40.0 Å². The molecule has 4 heteroatoms. The number of allylic oxidation sites excluding steroid dienone is 1. The standard InChI is InChI=1S/C24H22N2O2/c1-16-11-21(17(2)26-20-8-4-3-5-9-20)24-22(12-16)19(15-27)13-23(28-24)18-7-6-10-25-14-18/h3-15,17,19,26H,1-2H3. The molecule has 0 spiro atoms. The Kier molecular flexibility index (Phi) is 4.94. The normalized spacial score (nSPS) is 16.4. The average Bonchev–Trinajstić information content (AvgIpc) is 2.73. The summed E-state index contributed by atoms with van der Waals surface area (Å²) < 4.78 is 6.32. The van der Waals surface area contributed by atoms with Gasteiger partial charge in [-0.15, -0.1) is 0 Å². The highest BCUT2D eigenvalue weighted by Crippen LogP contribution is 2.42. The van der Waals surface area contributed by atoms with Crippen molar-refractivity contribution in [2.24, 2.45) is 0 Å². The van der Waals surface area contributed by atoms with Crippen molar-refractivity contribution in [1.82, 2.24) is 4.98 Å². The molecule has 2 heterocycles. The molecule has 2 aromatic carbocycles. The summed E-state index contributed by atoms with van der Waals surface area (Å²) in [6.45, 7) is 4.14. The van der Waals surface area contributed by atoms with Gasteiger partial charge in [-0.05, 0) is 44.2 Å². The zero-order valence-electron chi connectivity index (χ0n) is 15.9. The number of ether oxygens (including phenoxy) is 1. The lowest BCUT2D eigenvalue weighted by Gasteiger charge is -2.28. The third-order valence-electron chi connectivity index (χ3n) is 4.91. The molecule has 0 saturated heterocycles. The Labute approximate surface area is 164 Å². The van der Waals surface area contributed by atoms with Crippen molar-refractivity contribution >= 4 is 17.7 Å². The second-order valence-corrected chi connectivity index (χ2v) is 7.04. The van der Waals surface area contributed by atoms with Gasteiger partial charge in [-0.2, -0.15) is 0 Å². The fourth-order valence-corrected chi connectivity index (χ4v) is 3.55. The molecule has 0 saturated carbocycles. The van der Waals surface area contributed by atoms with Gasteiger partial charge in [0.2, 0.25) is 0 Å². The number of hydrogen-bond donors (Lipinski definition) is 1. The van der Waals surface area contributed by atoms with E-state index in [1.165, 1.54) is 0 Å². The summed E-state index contributed by atoms with van der Waals surface area (Å²) in [6, 6.07) is 18.0. The highest BCUT2D eigenvalue weighted by Gasteiger charge is 2.27. The van der Waals surface area contributed by atoms with Gasteiger partial charge in [0.25, 0.3) is 0 Å². The van der Waals surface area contributed by atoms with Gasteiger partial charge < -0.3 is 14.8 Å². The highest BCUT2D eigenvalue weighted by atomic mass is 16.5. The predicted molar refractivity (Wildman–Crippen MR) is 111 cm³/mol. The number of carbonyl (C=O) groups is 1. The molecule has 0 radical (unpaired) electrons. The molecule has 4 nitrogen and oxygen atoms in total. The van der Waals surface area contributed by atoms with E-state index in [4.69, 9.17) is 4.74 Å². The van der Waals surface area contributed by atoms with Crippen LogP contribution in [-0.4, -0.2) is 11.3 Å². The second kappa shape index (κ2) is 7.69. The first-order valence-electron chi connectivity index (χ1n) is 9.37. The number of benzene rings is 2. The first kappa shape index (κ1) is 18.0. The molecule has 0 aliphatic carbocycles. The summed E-state index contributed by atoms with van der Waals surface area (Å²) in [5.74, 6) is 1.07. The summed E-state index contributed by atoms with van der Waals surface area (Å²) in [4.78, 5) is 16.0. The lowest BCUT2D eigenvalue weighted by molar-refractivity contribution is -0.108. The van der Waals surface area contributed by atoms with Crippen LogP contribution in [0.4, 0.5) is 5.69 Å². The second-order valence-electron chi connectivity index (χ2n) is 7.04. The minimum absolute atomic E-state index is 0.0107. The van der Waals surface area contributed by atoms with Crippen LogP contribution in [0.25, 0.3) is 5.76 Å². The summed E-state index contributed by atoms with van der Waals surface area (Å²) in [5.41, 5.74) is 4.93. The Balaban J connectivity index is 1.75. The molecule has 1 N–H and O–H groups in total. The van der Waals surface area contributed by atoms with Crippen LogP contribution in [0.2, 0.25) is 0 Å². The van der Waals surface area contributed by atoms with E-state index in [2.05, 4.69) is 23.3 Å². The van der Waals surface area contributed by atoms with E-state index >= 15 is 0 Å². The number of rotatable bonds is 5. The maximum absolute atomic E-state index is 11.9. The van der Waals surface area contributed by atoms with Crippen LogP contribution in [0, 0.1) is 6.92 Å². The minimum Gasteiger partial charge on any atom is -0.456 e. The molecule has 0 bridgehead atoms. The fraction of sp³-hybridized carbons (Fsp3) is 0.167. The number of carbonyl (C=O) groups excluding carboxylic acids is 1. The summed E-state index contributed by atoms with van der Waals surface area (Å²) in [5, 5.41) is 3.52. The molecule has 1 aromatic heterocycles. The molecule has 2 atom stereocenters. The molecule has 0 fully saturated rings. The number of para-hydroxylation sites is 1. The van der Waals surface area contributed by atoms with Gasteiger partial charge in [0, 0.05) is 34.8 Å². The molecule has 1 aliphatic heterocycles. The monoisotopic (exact) mass is 370 g/mol. The summed E-state index contributed by atoms with van der Waals surface area (Å²) >= 11 is 0. The van der Waals surface area contributed by atoms with Crippen LogP contribution >= 0.6 is 0 Å². The van der Waals surface area contributed by atoms with Crippen molar-refractivity contribution in [2.75, 3.05) is 5.32 Å². The Morgan fingerprint density at radius 1 is 1.14 bits per heavy atom. The number of aryl methyl sites for hydroxylation is 1. The van der Waals surface area contributed by atoms with Gasteiger partial charge in [-0.1, -0.05) is 35.9 Å². The molecule has 1 aliphatic rings. The SMILES string of the molecule is Cc1cc2c(c(C(C)Nc3ccccc3)c1)OC(c1cccnc1)=CC2C=O. The third-order valence-corrected chi connectivity index (χ3v) is 4.91. The van der Waals surface area contributed by atoms with Crippen LogP contribution in [0.1, 0.15) is 41.1 Å². The van der Waals surface area contributed by atoms with Crippen LogP contribution in [0.3, 0.4) is 0 Å². The van der Waals surface area contributed by atoms with E-state index in [1.54, 1.807) is 12.4 Å². The summed E-state index contributed by atoms with van der Waals surface area (Å²) in [6.07, 6.45) is 6.30. The van der Waals surface area contributed by atoms with Gasteiger partial charge in [0.1, 0.15) is 17.8 Å². The zero-order chi connectivity index (χ0) is 19.5. The highest BCUT2D eigenvalue weighted by molar-refractivity contribution is 5.78. The Bertz CT molecular complexity index is 1010. The first-order chi connectivity index (χ1) is 13.7. The molecule has 4 rings (SSSR count). The van der Waals surface area contributed by atoms with Crippen molar-refractivity contribution in [3.8, 4) is 5.75 Å². The topological polar surface area (TPSA) is 51.2 Å². The van der Waals surface area contributed by atoms with E-state index in [9.17, 15) is 4.79 Å². The van der Waals surface area contributed by atoms with E-state index in [1.807, 2.05) is 61.5 Å². The summed E-state index contributed by atoms with van der Waals surface area (Å²) in [7, 11) is 0. The average molecular weight is 370 g/mol. The van der Waals surface area contributed by atoms with Crippen molar-refractivity contribution in [2.45, 2.75) is 25.8 Å². The molecule has 2 unspecified atom stereocenters. The number of aromatic nitrogens is 1. The number of pyridine rings is 1. The fourth-order valence-electron chi connectivity index (χ4n) is 3.55. The van der Waals surface area contributed by atoms with Crippen LogP contribution in [-0.2, 0) is 4.79 Å². The number of nitrogens with zero attached hydrogens (tertiary/aromatic N) is 1. The van der Waals surface area contributed by atoms with E-state index in [-0.39, 0.29) is 12.0 Å². The zero-order valence-corrected chi connectivity index (χ0v) is 15.9. The smallest absolute Gasteiger partial charge is 0.136 e. The molecule has 28 heavy (non-hydrogen) atoms. The van der Waals surface area contributed by atoms with Crippen molar-refractivity contribution in [3.05, 3.63) is 95.3 Å². The van der Waals surface area contributed by atoms with E-state index < -0.39 is 0 Å². The molecule has 140 valence electrons. The van der Waals surface area contributed by atoms with Gasteiger partial charge in [-0.3, -0.25) is 4.98 Å². The molecular formula is C24H22N2O2. The number of nitrogens with one attached hydrogen (secondary N) is 1. The van der Waals surface area contributed by atoms with Crippen LogP contribution in [0.5, 0.6) is 5.75 Å². The Morgan fingerprint density at radius 2 is 1.96 bits per heavy atom. The largest absolute Gasteiger partial charge is 0.456 e. The first-order valence-corrected chi connectivity index (χ1v) is 9.37. The van der Waals surface area contributed by atoms with Crippen molar-refractivity contribution < 1.29 is 9.53 Å². The number of hydrogen-bond acceptors (Lipinski definition) is 4.